The monoisotopic (exact) mass is 334 g/mol. The fraction of sp³-hybridized carbons (Fsp3) is 0.667. The number of allylic oxidation sites excluding steroid dienone is 2. The lowest BCUT2D eigenvalue weighted by atomic mass is 9.90. The number of methoxy groups -OCH3 is 2. The number of hydrogen-bond acceptors (Lipinski definition) is 6. The third-order valence-corrected chi connectivity index (χ3v) is 5.99. The molecule has 0 aromatic carbocycles. The Morgan fingerprint density at radius 3 is 1.33 bits per heavy atom. The van der Waals surface area contributed by atoms with Crippen LogP contribution in [-0.4, -0.2) is 38.2 Å². The number of carbonyl (C=O) groups is 2. The van der Waals surface area contributed by atoms with Crippen molar-refractivity contribution < 1.29 is 19.1 Å². The molecular formula is C18H26N2O4. The average Bonchev–Trinajstić information content (AvgIpc) is 3.34. The molecule has 0 aromatic rings. The fourth-order valence-electron chi connectivity index (χ4n) is 4.66. The summed E-state index contributed by atoms with van der Waals surface area (Å²) in [6.07, 6.45) is 10.5. The highest BCUT2D eigenvalue weighted by atomic mass is 16.5. The van der Waals surface area contributed by atoms with Crippen molar-refractivity contribution in [1.82, 2.24) is 0 Å². The summed E-state index contributed by atoms with van der Waals surface area (Å²) in [6.45, 7) is 0. The minimum atomic E-state index is -0.153. The Hall–Kier alpha value is -1.66. The largest absolute Gasteiger partial charge is 0.469 e. The Bertz CT molecular complexity index is 523. The van der Waals surface area contributed by atoms with E-state index >= 15 is 0 Å². The van der Waals surface area contributed by atoms with Gasteiger partial charge in [0.1, 0.15) is 0 Å². The lowest BCUT2D eigenvalue weighted by Gasteiger charge is -2.21. The third-order valence-electron chi connectivity index (χ3n) is 5.99. The van der Waals surface area contributed by atoms with Crippen LogP contribution in [-0.2, 0) is 19.1 Å². The number of fused-ring (bicyclic) bond motifs is 4. The Kier molecular flexibility index (Phi) is 4.78. The first-order valence-electron chi connectivity index (χ1n) is 8.51. The molecule has 0 spiro atoms. The van der Waals surface area contributed by atoms with Gasteiger partial charge in [-0.1, -0.05) is 24.3 Å². The van der Waals surface area contributed by atoms with E-state index in [-0.39, 0.29) is 35.9 Å². The minimum Gasteiger partial charge on any atom is -0.469 e. The van der Waals surface area contributed by atoms with Gasteiger partial charge < -0.3 is 20.9 Å². The molecule has 8 atom stereocenters. The van der Waals surface area contributed by atoms with Crippen LogP contribution in [0.3, 0.4) is 0 Å². The number of rotatable bonds is 2. The Balaban J connectivity index is 0.000000141. The normalized spacial score (nSPS) is 43.5. The van der Waals surface area contributed by atoms with Gasteiger partial charge in [0.15, 0.2) is 0 Å². The molecule has 2 saturated carbocycles. The van der Waals surface area contributed by atoms with E-state index in [1.165, 1.54) is 14.2 Å². The second-order valence-corrected chi connectivity index (χ2v) is 7.15. The van der Waals surface area contributed by atoms with Crippen LogP contribution in [0.5, 0.6) is 0 Å². The third kappa shape index (κ3) is 2.78. The van der Waals surface area contributed by atoms with E-state index in [9.17, 15) is 9.59 Å². The van der Waals surface area contributed by atoms with Gasteiger partial charge in [-0.2, -0.15) is 0 Å². The summed E-state index contributed by atoms with van der Waals surface area (Å²) in [5, 5.41) is 0. The summed E-state index contributed by atoms with van der Waals surface area (Å²) in [5.74, 6) is 0.974. The lowest BCUT2D eigenvalue weighted by Crippen LogP contribution is -2.39. The van der Waals surface area contributed by atoms with E-state index in [1.54, 1.807) is 0 Å². The molecule has 4 rings (SSSR count). The van der Waals surface area contributed by atoms with Crippen LogP contribution in [0.1, 0.15) is 12.8 Å². The van der Waals surface area contributed by atoms with Crippen LogP contribution in [0.4, 0.5) is 0 Å². The number of ether oxygens (including phenoxy) is 2. The van der Waals surface area contributed by atoms with Gasteiger partial charge in [0, 0.05) is 12.1 Å². The van der Waals surface area contributed by atoms with Crippen molar-refractivity contribution in [1.29, 1.82) is 0 Å². The van der Waals surface area contributed by atoms with Crippen LogP contribution in [0.15, 0.2) is 24.3 Å². The molecule has 0 aromatic heterocycles. The zero-order valence-corrected chi connectivity index (χ0v) is 14.1. The minimum absolute atomic E-state index is 0.0209. The van der Waals surface area contributed by atoms with Crippen LogP contribution < -0.4 is 11.5 Å². The van der Waals surface area contributed by atoms with Gasteiger partial charge in [-0.15, -0.1) is 0 Å². The van der Waals surface area contributed by atoms with Crippen molar-refractivity contribution in [3.63, 3.8) is 0 Å². The fourth-order valence-corrected chi connectivity index (χ4v) is 4.66. The van der Waals surface area contributed by atoms with Gasteiger partial charge in [0.2, 0.25) is 0 Å². The molecule has 0 saturated heterocycles. The summed E-state index contributed by atoms with van der Waals surface area (Å²) >= 11 is 0. The average molecular weight is 334 g/mol. The SMILES string of the molecule is COC(=O)C1C2C=CC(C2)C1N.COC(=O)C1C2C=CC(C2)C1N. The Morgan fingerprint density at radius 2 is 1.08 bits per heavy atom. The van der Waals surface area contributed by atoms with Gasteiger partial charge in [-0.25, -0.2) is 0 Å². The second-order valence-electron chi connectivity index (χ2n) is 7.15. The molecule has 6 nitrogen and oxygen atoms in total. The second kappa shape index (κ2) is 6.69. The molecule has 4 aliphatic carbocycles. The quantitative estimate of drug-likeness (QED) is 0.566. The van der Waals surface area contributed by atoms with Gasteiger partial charge in [-0.05, 0) is 36.5 Å². The van der Waals surface area contributed by atoms with Crippen molar-refractivity contribution in [2.24, 2.45) is 47.0 Å². The van der Waals surface area contributed by atoms with Crippen molar-refractivity contribution in [3.05, 3.63) is 24.3 Å². The number of hydrogen-bond donors (Lipinski definition) is 2. The van der Waals surface area contributed by atoms with Crippen molar-refractivity contribution in [2.45, 2.75) is 24.9 Å². The maximum atomic E-state index is 11.3. The highest BCUT2D eigenvalue weighted by molar-refractivity contribution is 5.75. The van der Waals surface area contributed by atoms with Crippen LogP contribution >= 0.6 is 0 Å². The first kappa shape index (κ1) is 17.2. The molecule has 4 bridgehead atoms. The van der Waals surface area contributed by atoms with Crippen LogP contribution in [0.2, 0.25) is 0 Å². The molecule has 0 radical (unpaired) electrons. The Morgan fingerprint density at radius 1 is 0.750 bits per heavy atom. The maximum Gasteiger partial charge on any atom is 0.310 e. The molecule has 132 valence electrons. The topological polar surface area (TPSA) is 105 Å². The van der Waals surface area contributed by atoms with E-state index < -0.39 is 0 Å². The summed E-state index contributed by atoms with van der Waals surface area (Å²) in [4.78, 5) is 22.6. The van der Waals surface area contributed by atoms with Gasteiger partial charge in [0.05, 0.1) is 26.1 Å². The molecule has 4 N–H and O–H groups in total. The summed E-state index contributed by atoms with van der Waals surface area (Å²) in [6, 6.07) is -0.0418. The molecule has 24 heavy (non-hydrogen) atoms. The van der Waals surface area contributed by atoms with Crippen molar-refractivity contribution in [3.8, 4) is 0 Å². The van der Waals surface area contributed by atoms with E-state index in [2.05, 4.69) is 24.3 Å². The molecule has 0 aliphatic heterocycles. The molecule has 6 heteroatoms. The smallest absolute Gasteiger partial charge is 0.310 e. The van der Waals surface area contributed by atoms with Crippen molar-refractivity contribution in [2.75, 3.05) is 14.2 Å². The molecule has 2 fully saturated rings. The van der Waals surface area contributed by atoms with Gasteiger partial charge in [0.25, 0.3) is 0 Å². The van der Waals surface area contributed by atoms with Gasteiger partial charge in [-0.3, -0.25) is 9.59 Å². The van der Waals surface area contributed by atoms with Crippen LogP contribution in [0.25, 0.3) is 0 Å². The van der Waals surface area contributed by atoms with E-state index in [0.717, 1.165) is 12.8 Å². The van der Waals surface area contributed by atoms with E-state index in [0.29, 0.717) is 23.7 Å². The standard InChI is InChI=1S/2C9H13NO2/c2*1-12-9(11)7-5-2-3-6(4-5)8(7)10/h2*2-3,5-8H,4,10H2,1H3. The predicted molar refractivity (Wildman–Crippen MR) is 88.4 cm³/mol. The highest BCUT2D eigenvalue weighted by Crippen LogP contribution is 2.43. The highest BCUT2D eigenvalue weighted by Gasteiger charge is 2.47. The van der Waals surface area contributed by atoms with E-state index in [4.69, 9.17) is 20.9 Å². The molecular weight excluding hydrogens is 308 g/mol. The molecule has 8 unspecified atom stereocenters. The zero-order valence-electron chi connectivity index (χ0n) is 14.1. The van der Waals surface area contributed by atoms with Crippen LogP contribution in [0, 0.1) is 35.5 Å². The van der Waals surface area contributed by atoms with Gasteiger partial charge >= 0.3 is 11.9 Å². The lowest BCUT2D eigenvalue weighted by molar-refractivity contribution is -0.147. The predicted octanol–water partition coefficient (Wildman–Crippen LogP) is 0.618. The summed E-state index contributed by atoms with van der Waals surface area (Å²) in [5.41, 5.74) is 11.8. The molecule has 0 amide bonds. The van der Waals surface area contributed by atoms with E-state index in [1.807, 2.05) is 0 Å². The first-order chi connectivity index (χ1) is 11.5. The summed E-state index contributed by atoms with van der Waals surface area (Å²) in [7, 11) is 2.84. The number of esters is 2. The molecule has 0 heterocycles. The first-order valence-corrected chi connectivity index (χ1v) is 8.51. The summed E-state index contributed by atoms with van der Waals surface area (Å²) < 4.78 is 9.41. The maximum absolute atomic E-state index is 11.3. The van der Waals surface area contributed by atoms with Crippen molar-refractivity contribution >= 4 is 11.9 Å². The number of nitrogens with two attached hydrogens (primary N) is 2. The zero-order chi connectivity index (χ0) is 17.4. The molecule has 4 aliphatic rings. The Labute approximate surface area is 142 Å². The number of carbonyl (C=O) groups excluding carboxylic acids is 2.